The topological polar surface area (TPSA) is 29.3 Å². The van der Waals surface area contributed by atoms with Crippen LogP contribution in [0.15, 0.2) is 24.3 Å². The molecule has 0 radical (unpaired) electrons. The molecule has 0 aromatic heterocycles. The standard InChI is InChI=1S/C11H17FN2/c1-3-14(9(2)8-13)11-7-5-4-6-10(11)12/h4-7,9H,3,8,13H2,1-2H3. The molecular weight excluding hydrogens is 179 g/mol. The lowest BCUT2D eigenvalue weighted by Gasteiger charge is -2.29. The van der Waals surface area contributed by atoms with Crippen LogP contribution in [0.2, 0.25) is 0 Å². The zero-order chi connectivity index (χ0) is 10.6. The first-order valence-corrected chi connectivity index (χ1v) is 4.92. The third-order valence-electron chi connectivity index (χ3n) is 2.38. The summed E-state index contributed by atoms with van der Waals surface area (Å²) in [5.74, 6) is -0.186. The quantitative estimate of drug-likeness (QED) is 0.798. The van der Waals surface area contributed by atoms with Gasteiger partial charge in [-0.1, -0.05) is 12.1 Å². The van der Waals surface area contributed by atoms with E-state index in [1.165, 1.54) is 6.07 Å². The van der Waals surface area contributed by atoms with E-state index in [0.29, 0.717) is 12.2 Å². The first kappa shape index (κ1) is 11.0. The second-order valence-corrected chi connectivity index (χ2v) is 3.32. The second kappa shape index (κ2) is 4.96. The van der Waals surface area contributed by atoms with Crippen LogP contribution in [0, 0.1) is 5.82 Å². The van der Waals surface area contributed by atoms with Crippen molar-refractivity contribution >= 4 is 5.69 Å². The molecule has 2 nitrogen and oxygen atoms in total. The van der Waals surface area contributed by atoms with E-state index in [1.54, 1.807) is 12.1 Å². The number of hydrogen-bond acceptors (Lipinski definition) is 2. The van der Waals surface area contributed by atoms with Crippen LogP contribution in [0.3, 0.4) is 0 Å². The molecule has 1 aromatic rings. The molecule has 14 heavy (non-hydrogen) atoms. The Kier molecular flexibility index (Phi) is 3.89. The third-order valence-corrected chi connectivity index (χ3v) is 2.38. The molecule has 0 fully saturated rings. The van der Waals surface area contributed by atoms with Gasteiger partial charge in [0, 0.05) is 19.1 Å². The molecule has 0 aliphatic heterocycles. The van der Waals surface area contributed by atoms with Crippen molar-refractivity contribution in [1.82, 2.24) is 0 Å². The summed E-state index contributed by atoms with van der Waals surface area (Å²) in [5.41, 5.74) is 6.20. The SMILES string of the molecule is CCN(c1ccccc1F)C(C)CN. The summed E-state index contributed by atoms with van der Waals surface area (Å²) in [6, 6.07) is 6.95. The van der Waals surface area contributed by atoms with Gasteiger partial charge in [0.15, 0.2) is 0 Å². The summed E-state index contributed by atoms with van der Waals surface area (Å²) in [6.07, 6.45) is 0. The van der Waals surface area contributed by atoms with E-state index in [4.69, 9.17) is 5.73 Å². The summed E-state index contributed by atoms with van der Waals surface area (Å²) in [5, 5.41) is 0. The maximum Gasteiger partial charge on any atom is 0.146 e. The summed E-state index contributed by atoms with van der Waals surface area (Å²) < 4.78 is 13.4. The van der Waals surface area contributed by atoms with E-state index in [1.807, 2.05) is 24.8 Å². The molecule has 0 aliphatic rings. The smallest absolute Gasteiger partial charge is 0.146 e. The predicted octanol–water partition coefficient (Wildman–Crippen LogP) is 2.00. The van der Waals surface area contributed by atoms with Gasteiger partial charge in [0.2, 0.25) is 0 Å². The summed E-state index contributed by atoms with van der Waals surface area (Å²) in [6.45, 7) is 5.29. The fourth-order valence-electron chi connectivity index (χ4n) is 1.53. The van der Waals surface area contributed by atoms with Gasteiger partial charge in [-0.2, -0.15) is 0 Å². The van der Waals surface area contributed by atoms with Crippen molar-refractivity contribution in [2.24, 2.45) is 5.73 Å². The number of anilines is 1. The highest BCUT2D eigenvalue weighted by atomic mass is 19.1. The zero-order valence-electron chi connectivity index (χ0n) is 8.70. The number of hydrogen-bond donors (Lipinski definition) is 1. The molecule has 0 amide bonds. The molecule has 0 saturated heterocycles. The van der Waals surface area contributed by atoms with E-state index < -0.39 is 0 Å². The number of nitrogens with two attached hydrogens (primary N) is 1. The molecule has 3 heteroatoms. The zero-order valence-corrected chi connectivity index (χ0v) is 8.70. The molecule has 0 saturated carbocycles. The second-order valence-electron chi connectivity index (χ2n) is 3.32. The molecular formula is C11H17FN2. The number of nitrogens with zero attached hydrogens (tertiary/aromatic N) is 1. The Morgan fingerprint density at radius 2 is 2.07 bits per heavy atom. The molecule has 78 valence electrons. The molecule has 1 unspecified atom stereocenters. The van der Waals surface area contributed by atoms with Crippen molar-refractivity contribution in [2.75, 3.05) is 18.0 Å². The van der Waals surface area contributed by atoms with Crippen molar-refractivity contribution < 1.29 is 4.39 Å². The van der Waals surface area contributed by atoms with Crippen molar-refractivity contribution in [3.8, 4) is 0 Å². The highest BCUT2D eigenvalue weighted by Crippen LogP contribution is 2.20. The molecule has 2 N–H and O–H groups in total. The van der Waals surface area contributed by atoms with Crippen molar-refractivity contribution in [3.05, 3.63) is 30.1 Å². The van der Waals surface area contributed by atoms with E-state index in [9.17, 15) is 4.39 Å². The molecule has 1 rings (SSSR count). The Bertz CT molecular complexity index is 288. The Morgan fingerprint density at radius 3 is 2.57 bits per heavy atom. The van der Waals surface area contributed by atoms with Crippen LogP contribution in [0.4, 0.5) is 10.1 Å². The highest BCUT2D eigenvalue weighted by Gasteiger charge is 2.13. The first-order chi connectivity index (χ1) is 6.70. The van der Waals surface area contributed by atoms with E-state index >= 15 is 0 Å². The minimum atomic E-state index is -0.186. The van der Waals surface area contributed by atoms with Gasteiger partial charge >= 0.3 is 0 Å². The lowest BCUT2D eigenvalue weighted by molar-refractivity contribution is 0.594. The first-order valence-electron chi connectivity index (χ1n) is 4.92. The van der Waals surface area contributed by atoms with Crippen LogP contribution >= 0.6 is 0 Å². The van der Waals surface area contributed by atoms with Crippen molar-refractivity contribution in [1.29, 1.82) is 0 Å². The summed E-state index contributed by atoms with van der Waals surface area (Å²) in [4.78, 5) is 1.97. The van der Waals surface area contributed by atoms with Crippen LogP contribution in [0.5, 0.6) is 0 Å². The van der Waals surface area contributed by atoms with Gasteiger partial charge < -0.3 is 10.6 Å². The molecule has 1 atom stereocenters. The predicted molar refractivity (Wildman–Crippen MR) is 57.9 cm³/mol. The summed E-state index contributed by atoms with van der Waals surface area (Å²) in [7, 11) is 0. The number of rotatable bonds is 4. The molecule has 0 aliphatic carbocycles. The van der Waals surface area contributed by atoms with Crippen LogP contribution in [0.1, 0.15) is 13.8 Å². The van der Waals surface area contributed by atoms with E-state index in [2.05, 4.69) is 0 Å². The average molecular weight is 196 g/mol. The van der Waals surface area contributed by atoms with Crippen molar-refractivity contribution in [3.63, 3.8) is 0 Å². The molecule has 1 aromatic carbocycles. The Hall–Kier alpha value is -1.09. The lowest BCUT2D eigenvalue weighted by atomic mass is 10.2. The fourth-order valence-corrected chi connectivity index (χ4v) is 1.53. The monoisotopic (exact) mass is 196 g/mol. The minimum absolute atomic E-state index is 0.164. The molecule has 0 heterocycles. The maximum atomic E-state index is 13.4. The van der Waals surface area contributed by atoms with Crippen LogP contribution in [-0.4, -0.2) is 19.1 Å². The largest absolute Gasteiger partial charge is 0.365 e. The number of benzene rings is 1. The number of likely N-dealkylation sites (N-methyl/N-ethyl adjacent to an activating group) is 1. The van der Waals surface area contributed by atoms with Gasteiger partial charge in [0.1, 0.15) is 5.82 Å². The molecule has 0 spiro atoms. The number of para-hydroxylation sites is 1. The Morgan fingerprint density at radius 1 is 1.43 bits per heavy atom. The Labute approximate surface area is 84.5 Å². The number of halogens is 1. The fraction of sp³-hybridized carbons (Fsp3) is 0.455. The average Bonchev–Trinajstić information content (AvgIpc) is 2.21. The maximum absolute atomic E-state index is 13.4. The molecule has 0 bridgehead atoms. The highest BCUT2D eigenvalue weighted by molar-refractivity contribution is 5.48. The van der Waals surface area contributed by atoms with Gasteiger partial charge in [-0.15, -0.1) is 0 Å². The third kappa shape index (κ3) is 2.23. The van der Waals surface area contributed by atoms with Crippen molar-refractivity contribution in [2.45, 2.75) is 19.9 Å². The van der Waals surface area contributed by atoms with Gasteiger partial charge in [0.05, 0.1) is 5.69 Å². The van der Waals surface area contributed by atoms with Crippen LogP contribution in [0.25, 0.3) is 0 Å². The van der Waals surface area contributed by atoms with Gasteiger partial charge in [-0.3, -0.25) is 0 Å². The van der Waals surface area contributed by atoms with Gasteiger partial charge in [0.25, 0.3) is 0 Å². The van der Waals surface area contributed by atoms with E-state index in [-0.39, 0.29) is 11.9 Å². The van der Waals surface area contributed by atoms with Crippen LogP contribution < -0.4 is 10.6 Å². The normalized spacial score (nSPS) is 12.6. The summed E-state index contributed by atoms with van der Waals surface area (Å²) >= 11 is 0. The van der Waals surface area contributed by atoms with Crippen LogP contribution in [-0.2, 0) is 0 Å². The Balaban J connectivity index is 2.94. The lowest BCUT2D eigenvalue weighted by Crippen LogP contribution is -2.38. The minimum Gasteiger partial charge on any atom is -0.365 e. The van der Waals surface area contributed by atoms with Gasteiger partial charge in [-0.05, 0) is 26.0 Å². The van der Waals surface area contributed by atoms with E-state index in [0.717, 1.165) is 6.54 Å². The van der Waals surface area contributed by atoms with Gasteiger partial charge in [-0.25, -0.2) is 4.39 Å².